The van der Waals surface area contributed by atoms with Gasteiger partial charge in [-0.2, -0.15) is 0 Å². The number of carbonyl (C=O) groups is 1. The van der Waals surface area contributed by atoms with Crippen LogP contribution in [0.3, 0.4) is 0 Å². The number of hydrogen-bond acceptors (Lipinski definition) is 5. The molecule has 3 N–H and O–H groups in total. The number of benzene rings is 2. The van der Waals surface area contributed by atoms with Crippen LogP contribution in [0.4, 0.5) is 4.39 Å². The molecule has 2 aromatic carbocycles. The largest absolute Gasteiger partial charge is 0.489 e. The van der Waals surface area contributed by atoms with Crippen molar-refractivity contribution in [2.45, 2.75) is 18.9 Å². The van der Waals surface area contributed by atoms with E-state index in [-0.39, 0.29) is 24.2 Å². The summed E-state index contributed by atoms with van der Waals surface area (Å²) in [6, 6.07) is 12.5. The fourth-order valence-corrected chi connectivity index (χ4v) is 3.69. The van der Waals surface area contributed by atoms with Gasteiger partial charge in [-0.1, -0.05) is 30.3 Å². The number of hydrogen-bond donors (Lipinski definition) is 3. The second-order valence-electron chi connectivity index (χ2n) is 6.86. The van der Waals surface area contributed by atoms with Crippen molar-refractivity contribution in [3.63, 3.8) is 0 Å². The van der Waals surface area contributed by atoms with E-state index in [1.54, 1.807) is 29.8 Å². The van der Waals surface area contributed by atoms with E-state index >= 15 is 0 Å². The number of ether oxygens (including phenoxy) is 1. The number of nitrogens with one attached hydrogen (secondary N) is 1. The Morgan fingerprint density at radius 3 is 2.86 bits per heavy atom. The van der Waals surface area contributed by atoms with Gasteiger partial charge >= 0.3 is 0 Å². The Kier molecular flexibility index (Phi) is 7.35. The summed E-state index contributed by atoms with van der Waals surface area (Å²) in [4.78, 5) is 13.3. The first-order valence-electron chi connectivity index (χ1n) is 9.59. The lowest BCUT2D eigenvalue weighted by molar-refractivity contribution is -0.124. The standard InChI is InChI=1S/C22H25FN2O4/c23-19-3-1-2-4-21(19)29-14-12-25(11-13-26)20-9-7-17-15-16(5-8-18(17)20)6-10-22(27)24-28/h1-6,8,10,15,20,26,28H,7,9,11-14H2,(H,24,27)/b10-6+. The Morgan fingerprint density at radius 2 is 2.10 bits per heavy atom. The molecule has 2 aromatic rings. The van der Waals surface area contributed by atoms with E-state index < -0.39 is 5.91 Å². The molecule has 0 spiro atoms. The van der Waals surface area contributed by atoms with Gasteiger partial charge in [-0.15, -0.1) is 0 Å². The molecule has 0 fully saturated rings. The van der Waals surface area contributed by atoms with Crippen molar-refractivity contribution < 1.29 is 24.2 Å². The van der Waals surface area contributed by atoms with E-state index in [4.69, 9.17) is 9.94 Å². The number of hydroxylamine groups is 1. The highest BCUT2D eigenvalue weighted by Gasteiger charge is 2.27. The summed E-state index contributed by atoms with van der Waals surface area (Å²) < 4.78 is 19.3. The zero-order valence-corrected chi connectivity index (χ0v) is 16.1. The predicted molar refractivity (Wildman–Crippen MR) is 107 cm³/mol. The average molecular weight is 400 g/mol. The van der Waals surface area contributed by atoms with Crippen LogP contribution in [-0.2, 0) is 11.2 Å². The molecule has 1 aliphatic carbocycles. The summed E-state index contributed by atoms with van der Waals surface area (Å²) in [5, 5.41) is 18.1. The molecule has 6 nitrogen and oxygen atoms in total. The maximum absolute atomic E-state index is 13.7. The van der Waals surface area contributed by atoms with E-state index in [1.807, 2.05) is 18.2 Å². The quantitative estimate of drug-likeness (QED) is 0.343. The number of aliphatic hydroxyl groups excluding tert-OH is 1. The van der Waals surface area contributed by atoms with Gasteiger partial charge in [0.15, 0.2) is 11.6 Å². The molecule has 0 heterocycles. The molecule has 0 radical (unpaired) electrons. The normalized spacial score (nSPS) is 15.7. The number of aliphatic hydroxyl groups is 1. The Labute approximate surface area is 169 Å². The van der Waals surface area contributed by atoms with E-state index in [9.17, 15) is 14.3 Å². The highest BCUT2D eigenvalue weighted by molar-refractivity contribution is 5.90. The van der Waals surface area contributed by atoms with Crippen LogP contribution >= 0.6 is 0 Å². The van der Waals surface area contributed by atoms with Gasteiger partial charge in [-0.25, -0.2) is 9.87 Å². The Hall–Kier alpha value is -2.74. The van der Waals surface area contributed by atoms with Crippen LogP contribution in [-0.4, -0.2) is 47.4 Å². The van der Waals surface area contributed by atoms with Gasteiger partial charge in [0.2, 0.25) is 0 Å². The molecule has 0 aromatic heterocycles. The van der Waals surface area contributed by atoms with Gasteiger partial charge in [0.1, 0.15) is 6.61 Å². The minimum absolute atomic E-state index is 0.0304. The molecule has 1 aliphatic rings. The van der Waals surface area contributed by atoms with Crippen molar-refractivity contribution in [1.29, 1.82) is 0 Å². The molecule has 1 amide bonds. The van der Waals surface area contributed by atoms with Crippen molar-refractivity contribution in [3.8, 4) is 5.75 Å². The monoisotopic (exact) mass is 400 g/mol. The number of nitrogens with zero attached hydrogens (tertiary/aromatic N) is 1. The fraction of sp³-hybridized carbons (Fsp3) is 0.318. The van der Waals surface area contributed by atoms with Gasteiger partial charge < -0.3 is 9.84 Å². The van der Waals surface area contributed by atoms with Crippen LogP contribution in [0, 0.1) is 5.82 Å². The van der Waals surface area contributed by atoms with Crippen LogP contribution in [0.2, 0.25) is 0 Å². The molecular formula is C22H25FN2O4. The summed E-state index contributed by atoms with van der Waals surface area (Å²) in [5.74, 6) is -0.734. The molecule has 0 saturated heterocycles. The number of carbonyl (C=O) groups excluding carboxylic acids is 1. The maximum atomic E-state index is 13.7. The summed E-state index contributed by atoms with van der Waals surface area (Å²) in [6.07, 6.45) is 4.72. The lowest BCUT2D eigenvalue weighted by Crippen LogP contribution is -2.34. The first-order chi connectivity index (χ1) is 14.1. The maximum Gasteiger partial charge on any atom is 0.267 e. The van der Waals surface area contributed by atoms with Crippen molar-refractivity contribution >= 4 is 12.0 Å². The smallest absolute Gasteiger partial charge is 0.267 e. The summed E-state index contributed by atoms with van der Waals surface area (Å²) in [6.45, 7) is 1.42. The number of rotatable bonds is 9. The van der Waals surface area contributed by atoms with Crippen LogP contribution in [0.15, 0.2) is 48.5 Å². The Morgan fingerprint density at radius 1 is 1.28 bits per heavy atom. The van der Waals surface area contributed by atoms with Gasteiger partial charge in [-0.3, -0.25) is 14.9 Å². The highest BCUT2D eigenvalue weighted by Crippen LogP contribution is 2.36. The molecule has 29 heavy (non-hydrogen) atoms. The molecule has 0 aliphatic heterocycles. The fourth-order valence-electron chi connectivity index (χ4n) is 3.69. The first kappa shape index (κ1) is 21.0. The van der Waals surface area contributed by atoms with E-state index in [0.717, 1.165) is 18.4 Å². The minimum Gasteiger partial charge on any atom is -0.489 e. The Bertz CT molecular complexity index is 872. The highest BCUT2D eigenvalue weighted by atomic mass is 19.1. The first-order valence-corrected chi connectivity index (χ1v) is 9.59. The van der Waals surface area contributed by atoms with Crippen molar-refractivity contribution in [1.82, 2.24) is 10.4 Å². The molecule has 1 unspecified atom stereocenters. The lowest BCUT2D eigenvalue weighted by Gasteiger charge is -2.29. The third-order valence-corrected chi connectivity index (χ3v) is 5.05. The number of para-hydroxylation sites is 1. The van der Waals surface area contributed by atoms with Gasteiger partial charge in [0.25, 0.3) is 5.91 Å². The number of amides is 1. The second-order valence-corrected chi connectivity index (χ2v) is 6.86. The van der Waals surface area contributed by atoms with Crippen molar-refractivity contribution in [3.05, 3.63) is 71.0 Å². The predicted octanol–water partition coefficient (Wildman–Crippen LogP) is 2.70. The lowest BCUT2D eigenvalue weighted by atomic mass is 10.0. The molecule has 154 valence electrons. The van der Waals surface area contributed by atoms with Crippen LogP contribution in [0.25, 0.3) is 6.08 Å². The third-order valence-electron chi connectivity index (χ3n) is 5.05. The second kappa shape index (κ2) is 10.2. The SMILES string of the molecule is O=C(/C=C/c1ccc2c(c1)CCC2N(CCO)CCOc1ccccc1F)NO. The van der Waals surface area contributed by atoms with Gasteiger partial charge in [-0.05, 0) is 47.7 Å². The zero-order chi connectivity index (χ0) is 20.6. The molecule has 1 atom stereocenters. The average Bonchev–Trinajstić information content (AvgIpc) is 3.15. The minimum atomic E-state index is -0.577. The number of aryl methyl sites for hydroxylation is 1. The summed E-state index contributed by atoms with van der Waals surface area (Å²) in [7, 11) is 0. The molecule has 7 heteroatoms. The number of halogens is 1. The Balaban J connectivity index is 1.66. The van der Waals surface area contributed by atoms with Crippen LogP contribution in [0.1, 0.15) is 29.2 Å². The van der Waals surface area contributed by atoms with E-state index in [1.165, 1.54) is 23.3 Å². The summed E-state index contributed by atoms with van der Waals surface area (Å²) in [5.41, 5.74) is 4.83. The summed E-state index contributed by atoms with van der Waals surface area (Å²) >= 11 is 0. The third kappa shape index (κ3) is 5.41. The zero-order valence-electron chi connectivity index (χ0n) is 16.1. The van der Waals surface area contributed by atoms with Crippen LogP contribution in [0.5, 0.6) is 5.75 Å². The van der Waals surface area contributed by atoms with E-state index in [0.29, 0.717) is 19.7 Å². The molecule has 0 saturated carbocycles. The topological polar surface area (TPSA) is 82.0 Å². The van der Waals surface area contributed by atoms with Gasteiger partial charge in [0, 0.05) is 25.2 Å². The van der Waals surface area contributed by atoms with Crippen molar-refractivity contribution in [2.24, 2.45) is 0 Å². The molecule has 0 bridgehead atoms. The van der Waals surface area contributed by atoms with Crippen molar-refractivity contribution in [2.75, 3.05) is 26.3 Å². The van der Waals surface area contributed by atoms with Crippen LogP contribution < -0.4 is 10.2 Å². The van der Waals surface area contributed by atoms with Gasteiger partial charge in [0.05, 0.1) is 6.61 Å². The van der Waals surface area contributed by atoms with E-state index in [2.05, 4.69) is 4.90 Å². The molecular weight excluding hydrogens is 375 g/mol. The number of fused-ring (bicyclic) bond motifs is 1. The molecule has 3 rings (SSSR count).